The highest BCUT2D eigenvalue weighted by Crippen LogP contribution is 2.16. The van der Waals surface area contributed by atoms with Crippen LogP contribution in [0.2, 0.25) is 0 Å². The Labute approximate surface area is 113 Å². The molecule has 0 aliphatic carbocycles. The van der Waals surface area contributed by atoms with E-state index in [0.717, 1.165) is 17.7 Å². The van der Waals surface area contributed by atoms with Gasteiger partial charge in [-0.3, -0.25) is 4.79 Å². The van der Waals surface area contributed by atoms with Gasteiger partial charge >= 0.3 is 5.97 Å². The number of carbonyl (C=O) groups is 2. The standard InChI is InChI=1S/C15H20O4/c1-3-8-19-14-7-5-6-12(10-14)9-13(11-16)15(17)18-4-2/h5-7,10-11,13H,3-4,8-9H2,1-2H3. The van der Waals surface area contributed by atoms with Crippen molar-refractivity contribution in [2.24, 2.45) is 5.92 Å². The Hall–Kier alpha value is -1.84. The first-order valence-electron chi connectivity index (χ1n) is 6.54. The number of ether oxygens (including phenoxy) is 2. The zero-order valence-corrected chi connectivity index (χ0v) is 11.4. The molecule has 0 amide bonds. The summed E-state index contributed by atoms with van der Waals surface area (Å²) in [7, 11) is 0. The summed E-state index contributed by atoms with van der Waals surface area (Å²) in [6, 6.07) is 7.44. The van der Waals surface area contributed by atoms with E-state index < -0.39 is 11.9 Å². The van der Waals surface area contributed by atoms with Gasteiger partial charge in [0.2, 0.25) is 0 Å². The third-order valence-corrected chi connectivity index (χ3v) is 2.58. The summed E-state index contributed by atoms with van der Waals surface area (Å²) in [4.78, 5) is 22.5. The molecule has 0 saturated carbocycles. The van der Waals surface area contributed by atoms with Crippen molar-refractivity contribution in [3.05, 3.63) is 29.8 Å². The summed E-state index contributed by atoms with van der Waals surface area (Å²) >= 11 is 0. The summed E-state index contributed by atoms with van der Waals surface area (Å²) in [6.07, 6.45) is 1.91. The summed E-state index contributed by atoms with van der Waals surface area (Å²) < 4.78 is 10.4. The van der Waals surface area contributed by atoms with Crippen LogP contribution in [0.3, 0.4) is 0 Å². The van der Waals surface area contributed by atoms with Crippen molar-refractivity contribution in [3.63, 3.8) is 0 Å². The monoisotopic (exact) mass is 264 g/mol. The first kappa shape index (κ1) is 15.2. The summed E-state index contributed by atoms with van der Waals surface area (Å²) in [5.41, 5.74) is 0.888. The van der Waals surface area contributed by atoms with Crippen LogP contribution >= 0.6 is 0 Å². The first-order valence-corrected chi connectivity index (χ1v) is 6.54. The first-order chi connectivity index (χ1) is 9.21. The predicted octanol–water partition coefficient (Wildman–Crippen LogP) is 2.40. The minimum atomic E-state index is -0.749. The van der Waals surface area contributed by atoms with Crippen LogP contribution in [0.4, 0.5) is 0 Å². The topological polar surface area (TPSA) is 52.6 Å². The SMILES string of the molecule is CCCOc1cccc(CC(C=O)C(=O)OCC)c1. The Balaban J connectivity index is 2.68. The van der Waals surface area contributed by atoms with Gasteiger partial charge in [-0.15, -0.1) is 0 Å². The summed E-state index contributed by atoms with van der Waals surface area (Å²) in [5.74, 6) is -0.466. The lowest BCUT2D eigenvalue weighted by Gasteiger charge is -2.11. The van der Waals surface area contributed by atoms with Crippen LogP contribution in [0, 0.1) is 5.92 Å². The van der Waals surface area contributed by atoms with E-state index in [-0.39, 0.29) is 6.61 Å². The van der Waals surface area contributed by atoms with Gasteiger partial charge in [0.25, 0.3) is 0 Å². The number of aldehydes is 1. The van der Waals surface area contributed by atoms with Gasteiger partial charge in [0.05, 0.1) is 13.2 Å². The smallest absolute Gasteiger partial charge is 0.316 e. The minimum absolute atomic E-state index is 0.281. The van der Waals surface area contributed by atoms with Gasteiger partial charge in [-0.2, -0.15) is 0 Å². The fourth-order valence-corrected chi connectivity index (χ4v) is 1.67. The fraction of sp³-hybridized carbons (Fsp3) is 0.467. The average Bonchev–Trinajstić information content (AvgIpc) is 2.43. The number of esters is 1. The molecule has 1 unspecified atom stereocenters. The quantitative estimate of drug-likeness (QED) is 0.411. The van der Waals surface area contributed by atoms with Crippen molar-refractivity contribution < 1.29 is 19.1 Å². The van der Waals surface area contributed by atoms with E-state index in [9.17, 15) is 9.59 Å². The van der Waals surface area contributed by atoms with Crippen molar-refractivity contribution in [1.29, 1.82) is 0 Å². The number of benzene rings is 1. The Kier molecular flexibility index (Phi) is 6.64. The zero-order valence-electron chi connectivity index (χ0n) is 11.4. The van der Waals surface area contributed by atoms with Gasteiger partial charge in [-0.1, -0.05) is 19.1 Å². The Morgan fingerprint density at radius 3 is 2.79 bits per heavy atom. The third-order valence-electron chi connectivity index (χ3n) is 2.58. The average molecular weight is 264 g/mol. The van der Waals surface area contributed by atoms with Crippen molar-refractivity contribution in [1.82, 2.24) is 0 Å². The van der Waals surface area contributed by atoms with Crippen LogP contribution in [0.5, 0.6) is 5.75 Å². The van der Waals surface area contributed by atoms with Crippen LogP contribution in [-0.4, -0.2) is 25.5 Å². The molecule has 0 heterocycles. The van der Waals surface area contributed by atoms with Gasteiger partial charge in [0, 0.05) is 0 Å². The van der Waals surface area contributed by atoms with E-state index in [1.165, 1.54) is 0 Å². The molecule has 4 nitrogen and oxygen atoms in total. The highest BCUT2D eigenvalue weighted by Gasteiger charge is 2.19. The molecule has 0 bridgehead atoms. The van der Waals surface area contributed by atoms with E-state index in [4.69, 9.17) is 9.47 Å². The number of hydrogen-bond acceptors (Lipinski definition) is 4. The van der Waals surface area contributed by atoms with Crippen LogP contribution in [0.1, 0.15) is 25.8 Å². The lowest BCUT2D eigenvalue weighted by Crippen LogP contribution is -2.21. The highest BCUT2D eigenvalue weighted by molar-refractivity contribution is 5.88. The molecule has 0 aliphatic rings. The maximum Gasteiger partial charge on any atom is 0.316 e. The van der Waals surface area contributed by atoms with Crippen LogP contribution < -0.4 is 4.74 Å². The fourth-order valence-electron chi connectivity index (χ4n) is 1.67. The minimum Gasteiger partial charge on any atom is -0.494 e. The molecule has 19 heavy (non-hydrogen) atoms. The molecule has 0 radical (unpaired) electrons. The normalized spacial score (nSPS) is 11.7. The molecule has 0 aliphatic heterocycles. The van der Waals surface area contributed by atoms with Crippen molar-refractivity contribution >= 4 is 12.3 Å². The van der Waals surface area contributed by atoms with Crippen molar-refractivity contribution in [3.8, 4) is 5.75 Å². The zero-order chi connectivity index (χ0) is 14.1. The summed E-state index contributed by atoms with van der Waals surface area (Å²) in [6.45, 7) is 4.69. The van der Waals surface area contributed by atoms with E-state index in [0.29, 0.717) is 19.3 Å². The lowest BCUT2D eigenvalue weighted by atomic mass is 10.0. The van der Waals surface area contributed by atoms with Crippen LogP contribution in [0.15, 0.2) is 24.3 Å². The van der Waals surface area contributed by atoms with E-state index in [1.54, 1.807) is 6.92 Å². The molecular weight excluding hydrogens is 244 g/mol. The second-order valence-electron chi connectivity index (χ2n) is 4.19. The molecule has 0 fully saturated rings. The molecule has 0 saturated heterocycles. The Morgan fingerprint density at radius 1 is 1.37 bits per heavy atom. The maximum absolute atomic E-state index is 11.6. The largest absolute Gasteiger partial charge is 0.494 e. The van der Waals surface area contributed by atoms with Crippen molar-refractivity contribution in [2.45, 2.75) is 26.7 Å². The van der Waals surface area contributed by atoms with Crippen LogP contribution in [-0.2, 0) is 20.7 Å². The molecule has 1 aromatic rings. The van der Waals surface area contributed by atoms with Gasteiger partial charge in [0.1, 0.15) is 18.0 Å². The lowest BCUT2D eigenvalue weighted by molar-refractivity contribution is -0.149. The molecule has 0 aromatic heterocycles. The summed E-state index contributed by atoms with van der Waals surface area (Å²) in [5, 5.41) is 0. The molecule has 1 aromatic carbocycles. The molecule has 1 atom stereocenters. The van der Waals surface area contributed by atoms with E-state index in [2.05, 4.69) is 0 Å². The number of carbonyl (C=O) groups excluding carboxylic acids is 2. The number of rotatable bonds is 8. The highest BCUT2D eigenvalue weighted by atomic mass is 16.5. The second kappa shape index (κ2) is 8.29. The predicted molar refractivity (Wildman–Crippen MR) is 72.1 cm³/mol. The molecule has 0 N–H and O–H groups in total. The van der Waals surface area contributed by atoms with Crippen LogP contribution in [0.25, 0.3) is 0 Å². The van der Waals surface area contributed by atoms with Gasteiger partial charge in [-0.25, -0.2) is 0 Å². The van der Waals surface area contributed by atoms with E-state index in [1.807, 2.05) is 31.2 Å². The molecule has 1 rings (SSSR count). The Bertz CT molecular complexity index is 414. The third kappa shape index (κ3) is 5.12. The molecule has 104 valence electrons. The second-order valence-corrected chi connectivity index (χ2v) is 4.19. The van der Waals surface area contributed by atoms with Crippen molar-refractivity contribution in [2.75, 3.05) is 13.2 Å². The Morgan fingerprint density at radius 2 is 2.16 bits per heavy atom. The van der Waals surface area contributed by atoms with Gasteiger partial charge in [0.15, 0.2) is 0 Å². The number of hydrogen-bond donors (Lipinski definition) is 0. The van der Waals surface area contributed by atoms with Gasteiger partial charge in [-0.05, 0) is 37.5 Å². The molecule has 4 heteroatoms. The molecular formula is C15H20O4. The maximum atomic E-state index is 11.6. The van der Waals surface area contributed by atoms with E-state index >= 15 is 0 Å². The van der Waals surface area contributed by atoms with Gasteiger partial charge < -0.3 is 14.3 Å². The molecule has 0 spiro atoms.